The average Bonchev–Trinajstić information content (AvgIpc) is 3.69. The van der Waals surface area contributed by atoms with Crippen molar-refractivity contribution in [2.24, 2.45) is 20.5 Å². The molecule has 2 aromatic carbocycles. The second kappa shape index (κ2) is 9.07. The highest BCUT2D eigenvalue weighted by Crippen LogP contribution is 2.52. The predicted octanol–water partition coefficient (Wildman–Crippen LogP) is 6.41. The van der Waals surface area contributed by atoms with Crippen LogP contribution in [0.3, 0.4) is 0 Å². The normalized spacial score (nSPS) is 17.5. The van der Waals surface area contributed by atoms with Crippen LogP contribution in [-0.4, -0.2) is 19.4 Å². The first-order valence-corrected chi connectivity index (χ1v) is 10.6. The standard InChI is InChI=1S/C23H25F3N4O2/c1-21(27-28-21)19-9-5-17(6-10-19)15-31-13-3-2-4-14-32-16-18-7-11-20(12-8-18)22(29-30-22)23(24,25)26/h5-12H,2-4,13-16H2,1H3. The summed E-state index contributed by atoms with van der Waals surface area (Å²) in [6, 6.07) is 14.2. The SMILES string of the molecule is CC1(c2ccc(COCCCCCOCc3ccc(C4(C(F)(F)F)N=N4)cc3)cc2)N=N1. The average molecular weight is 446 g/mol. The molecule has 0 unspecified atom stereocenters. The molecule has 2 aliphatic rings. The summed E-state index contributed by atoms with van der Waals surface area (Å²) < 4.78 is 50.3. The van der Waals surface area contributed by atoms with Crippen molar-refractivity contribution in [3.63, 3.8) is 0 Å². The molecule has 0 atom stereocenters. The largest absolute Gasteiger partial charge is 0.442 e. The molecule has 2 aromatic rings. The minimum atomic E-state index is -4.50. The van der Waals surface area contributed by atoms with Crippen LogP contribution in [0.2, 0.25) is 0 Å². The van der Waals surface area contributed by atoms with Gasteiger partial charge in [-0.15, -0.1) is 10.2 Å². The summed E-state index contributed by atoms with van der Waals surface area (Å²) in [4.78, 5) is 0. The number of benzene rings is 2. The van der Waals surface area contributed by atoms with Crippen LogP contribution in [0.4, 0.5) is 13.2 Å². The molecular formula is C23H25F3N4O2. The Labute approximate surface area is 184 Å². The number of halogens is 3. The van der Waals surface area contributed by atoms with E-state index in [1.807, 2.05) is 31.2 Å². The molecule has 32 heavy (non-hydrogen) atoms. The number of ether oxygens (including phenoxy) is 2. The van der Waals surface area contributed by atoms with E-state index in [2.05, 4.69) is 20.5 Å². The minimum Gasteiger partial charge on any atom is -0.377 e. The van der Waals surface area contributed by atoms with Crippen molar-refractivity contribution in [3.8, 4) is 0 Å². The highest BCUT2D eigenvalue weighted by molar-refractivity contribution is 5.32. The molecule has 0 spiro atoms. The summed E-state index contributed by atoms with van der Waals surface area (Å²) in [5.74, 6) is 0. The summed E-state index contributed by atoms with van der Waals surface area (Å²) in [5, 5.41) is 14.5. The maximum atomic E-state index is 13.0. The fourth-order valence-corrected chi connectivity index (χ4v) is 3.35. The van der Waals surface area contributed by atoms with Crippen molar-refractivity contribution in [2.75, 3.05) is 13.2 Å². The lowest BCUT2D eigenvalue weighted by Gasteiger charge is -2.15. The van der Waals surface area contributed by atoms with E-state index < -0.39 is 11.8 Å². The van der Waals surface area contributed by atoms with Crippen LogP contribution in [0, 0.1) is 0 Å². The molecule has 0 saturated carbocycles. The smallest absolute Gasteiger partial charge is 0.377 e. The molecular weight excluding hydrogens is 421 g/mol. The van der Waals surface area contributed by atoms with Crippen LogP contribution in [0.5, 0.6) is 0 Å². The Balaban J connectivity index is 1.04. The molecule has 0 fully saturated rings. The van der Waals surface area contributed by atoms with Crippen LogP contribution >= 0.6 is 0 Å². The first-order valence-electron chi connectivity index (χ1n) is 10.6. The van der Waals surface area contributed by atoms with Crippen LogP contribution < -0.4 is 0 Å². The lowest BCUT2D eigenvalue weighted by Crippen LogP contribution is -2.30. The van der Waals surface area contributed by atoms with E-state index in [0.717, 1.165) is 36.0 Å². The Morgan fingerprint density at radius 3 is 1.56 bits per heavy atom. The quantitative estimate of drug-likeness (QED) is 0.354. The number of hydrogen-bond donors (Lipinski definition) is 0. The van der Waals surface area contributed by atoms with Crippen molar-refractivity contribution in [2.45, 2.75) is 56.9 Å². The summed E-state index contributed by atoms with van der Waals surface area (Å²) in [5.41, 5.74) is 0.365. The zero-order valence-corrected chi connectivity index (χ0v) is 17.8. The molecule has 9 heteroatoms. The number of nitrogens with zero attached hydrogens (tertiary/aromatic N) is 4. The highest BCUT2D eigenvalue weighted by atomic mass is 19.4. The Morgan fingerprint density at radius 1 is 0.688 bits per heavy atom. The first kappa shape index (κ1) is 22.5. The molecule has 0 amide bonds. The van der Waals surface area contributed by atoms with Crippen molar-refractivity contribution in [3.05, 3.63) is 70.8 Å². The topological polar surface area (TPSA) is 67.9 Å². The van der Waals surface area contributed by atoms with E-state index in [1.54, 1.807) is 12.1 Å². The lowest BCUT2D eigenvalue weighted by molar-refractivity contribution is -0.166. The Morgan fingerprint density at radius 2 is 1.16 bits per heavy atom. The molecule has 0 N–H and O–H groups in total. The van der Waals surface area contributed by atoms with Crippen LogP contribution in [0.15, 0.2) is 69.0 Å². The third-order valence-electron chi connectivity index (χ3n) is 5.57. The number of rotatable bonds is 12. The predicted molar refractivity (Wildman–Crippen MR) is 111 cm³/mol. The van der Waals surface area contributed by atoms with E-state index in [0.29, 0.717) is 26.4 Å². The molecule has 6 nitrogen and oxygen atoms in total. The molecule has 2 aliphatic heterocycles. The molecule has 0 aliphatic carbocycles. The zero-order chi connectivity index (χ0) is 22.7. The van der Waals surface area contributed by atoms with Gasteiger partial charge in [-0.1, -0.05) is 48.5 Å². The summed E-state index contributed by atoms with van der Waals surface area (Å²) in [7, 11) is 0. The van der Waals surface area contributed by atoms with Gasteiger partial charge in [0.2, 0.25) is 5.66 Å². The van der Waals surface area contributed by atoms with Crippen LogP contribution in [-0.2, 0) is 34.0 Å². The molecule has 4 rings (SSSR count). The van der Waals surface area contributed by atoms with Crippen molar-refractivity contribution in [1.82, 2.24) is 0 Å². The third kappa shape index (κ3) is 5.21. The van der Waals surface area contributed by atoms with Gasteiger partial charge in [0.1, 0.15) is 0 Å². The van der Waals surface area contributed by atoms with Crippen molar-refractivity contribution >= 4 is 0 Å². The van der Waals surface area contributed by atoms with Gasteiger partial charge in [-0.3, -0.25) is 0 Å². The Hall–Kier alpha value is -2.65. The van der Waals surface area contributed by atoms with E-state index >= 15 is 0 Å². The van der Waals surface area contributed by atoms with E-state index in [4.69, 9.17) is 9.47 Å². The van der Waals surface area contributed by atoms with Gasteiger partial charge in [0, 0.05) is 24.3 Å². The molecule has 0 radical (unpaired) electrons. The molecule has 2 heterocycles. The van der Waals surface area contributed by atoms with E-state index in [9.17, 15) is 13.2 Å². The second-order valence-corrected chi connectivity index (χ2v) is 8.15. The van der Waals surface area contributed by atoms with Gasteiger partial charge in [-0.05, 0) is 37.3 Å². The van der Waals surface area contributed by atoms with E-state index in [-0.39, 0.29) is 11.2 Å². The number of alkyl halides is 3. The van der Waals surface area contributed by atoms with Crippen molar-refractivity contribution < 1.29 is 22.6 Å². The maximum absolute atomic E-state index is 13.0. The van der Waals surface area contributed by atoms with Gasteiger partial charge in [-0.25, -0.2) is 0 Å². The molecule has 170 valence electrons. The molecule has 0 bridgehead atoms. The maximum Gasteiger partial charge on any atom is 0.442 e. The minimum absolute atomic E-state index is 0.0351. The second-order valence-electron chi connectivity index (χ2n) is 8.15. The zero-order valence-electron chi connectivity index (χ0n) is 17.8. The summed E-state index contributed by atoms with van der Waals surface area (Å²) in [6.07, 6.45) is -1.67. The summed E-state index contributed by atoms with van der Waals surface area (Å²) in [6.45, 7) is 4.19. The van der Waals surface area contributed by atoms with Gasteiger partial charge in [0.15, 0.2) is 0 Å². The van der Waals surface area contributed by atoms with Gasteiger partial charge in [0.25, 0.3) is 0 Å². The molecule has 0 aromatic heterocycles. The fraction of sp³-hybridized carbons (Fsp3) is 0.478. The highest BCUT2D eigenvalue weighted by Gasteiger charge is 2.65. The van der Waals surface area contributed by atoms with Crippen LogP contribution in [0.1, 0.15) is 48.4 Å². The van der Waals surface area contributed by atoms with Gasteiger partial charge in [-0.2, -0.15) is 23.4 Å². The van der Waals surface area contributed by atoms with Gasteiger partial charge >= 0.3 is 11.8 Å². The number of hydrogen-bond acceptors (Lipinski definition) is 6. The fourth-order valence-electron chi connectivity index (χ4n) is 3.35. The third-order valence-corrected chi connectivity index (χ3v) is 5.57. The lowest BCUT2D eigenvalue weighted by atomic mass is 10.0. The first-order chi connectivity index (χ1) is 15.3. The Kier molecular flexibility index (Phi) is 6.39. The number of unbranched alkanes of at least 4 members (excludes halogenated alkanes) is 2. The van der Waals surface area contributed by atoms with Gasteiger partial charge < -0.3 is 9.47 Å². The van der Waals surface area contributed by atoms with Crippen LogP contribution in [0.25, 0.3) is 0 Å². The Bertz CT molecular complexity index is 960. The van der Waals surface area contributed by atoms with E-state index in [1.165, 1.54) is 12.1 Å². The van der Waals surface area contributed by atoms with Gasteiger partial charge in [0.05, 0.1) is 13.2 Å². The van der Waals surface area contributed by atoms with Crippen molar-refractivity contribution in [1.29, 1.82) is 0 Å². The summed E-state index contributed by atoms with van der Waals surface area (Å²) >= 11 is 0. The monoisotopic (exact) mass is 446 g/mol. The molecule has 0 saturated heterocycles.